The van der Waals surface area contributed by atoms with Gasteiger partial charge in [0.25, 0.3) is 0 Å². The molecule has 0 aromatic heterocycles. The third kappa shape index (κ3) is 26.5. The molecule has 0 aliphatic heterocycles. The average Bonchev–Trinajstić information content (AvgIpc) is 2.84. The number of carbonyl (C=O) groups excluding carboxylic acids is 4. The number of rotatable bonds is 26. The fourth-order valence-corrected chi connectivity index (χ4v) is 2.24. The number of amides is 3. The van der Waals surface area contributed by atoms with Crippen LogP contribution in [0.5, 0.6) is 0 Å². The predicted octanol–water partition coefficient (Wildman–Crippen LogP) is -3.65. The average molecular weight is 518 g/mol. The molecule has 0 saturated carbocycles. The van der Waals surface area contributed by atoms with Crippen LogP contribution >= 0.6 is 0 Å². The van der Waals surface area contributed by atoms with Gasteiger partial charge in [-0.15, -0.1) is 0 Å². The summed E-state index contributed by atoms with van der Waals surface area (Å²) in [7, 11) is 6.73. The molecular weight excluding hydrogens is 479 g/mol. The lowest BCUT2D eigenvalue weighted by Crippen LogP contribution is -2.34. The maximum absolute atomic E-state index is 11.7. The first-order valence-corrected chi connectivity index (χ1v) is 11.6. The van der Waals surface area contributed by atoms with Crippen molar-refractivity contribution < 1.29 is 47.6 Å². The topological polar surface area (TPSA) is 172 Å². The fraction of sp³-hybridized carbons (Fsp3) is 0.810. The maximum Gasteiger partial charge on any atom is 0.246 e. The molecule has 3 amide bonds. The second-order valence-corrected chi connectivity index (χ2v) is 7.05. The van der Waals surface area contributed by atoms with Crippen LogP contribution in [-0.2, 0) is 47.6 Å². The molecule has 36 heavy (non-hydrogen) atoms. The summed E-state index contributed by atoms with van der Waals surface area (Å²) < 4.78 is 31.0. The third-order valence-corrected chi connectivity index (χ3v) is 3.89. The van der Waals surface area contributed by atoms with E-state index in [1.54, 1.807) is 0 Å². The van der Waals surface area contributed by atoms with E-state index in [1.165, 1.54) is 0 Å². The van der Waals surface area contributed by atoms with Gasteiger partial charge in [0.05, 0.1) is 59.5 Å². The summed E-state index contributed by atoms with van der Waals surface area (Å²) in [4.78, 5) is 45.1. The van der Waals surface area contributed by atoms with Crippen molar-refractivity contribution in [3.63, 3.8) is 0 Å². The van der Waals surface area contributed by atoms with Crippen molar-refractivity contribution in [2.45, 2.75) is 0 Å². The van der Waals surface area contributed by atoms with Gasteiger partial charge in [-0.3, -0.25) is 14.4 Å². The van der Waals surface area contributed by atoms with Crippen molar-refractivity contribution in [3.05, 3.63) is 0 Å². The largest absolute Gasteiger partial charge is 0.378 e. The summed E-state index contributed by atoms with van der Waals surface area (Å²) in [5.41, 5.74) is -0.644. The minimum Gasteiger partial charge on any atom is -0.378 e. The van der Waals surface area contributed by atoms with E-state index < -0.39 is 5.68 Å². The van der Waals surface area contributed by atoms with Crippen LogP contribution in [0.1, 0.15) is 0 Å². The summed E-state index contributed by atoms with van der Waals surface area (Å²) in [6, 6.07) is 0. The molecule has 206 valence electrons. The van der Waals surface area contributed by atoms with E-state index in [9.17, 15) is 19.2 Å². The van der Waals surface area contributed by atoms with Crippen LogP contribution in [0.3, 0.4) is 0 Å². The quantitative estimate of drug-likeness (QED) is 0.0657. The van der Waals surface area contributed by atoms with Crippen LogP contribution in [0.25, 0.3) is 0 Å². The predicted molar refractivity (Wildman–Crippen MR) is 129 cm³/mol. The monoisotopic (exact) mass is 518 g/mol. The summed E-state index contributed by atoms with van der Waals surface area (Å²) in [5, 5.41) is 10.7. The molecule has 0 aromatic carbocycles. The van der Waals surface area contributed by atoms with E-state index in [0.717, 1.165) is 6.54 Å². The molecule has 0 bridgehead atoms. The number of carbonyl (C=O) groups is 4. The van der Waals surface area contributed by atoms with Crippen LogP contribution in [0.4, 0.5) is 0 Å². The Kier molecular flexibility index (Phi) is 24.4. The van der Waals surface area contributed by atoms with E-state index in [4.69, 9.17) is 36.3 Å². The lowest BCUT2D eigenvalue weighted by molar-refractivity contribution is -0.131. The molecule has 0 aliphatic carbocycles. The molecule has 2 radical (unpaired) electrons. The Morgan fingerprint density at radius 1 is 0.500 bits per heavy atom. The van der Waals surface area contributed by atoms with E-state index in [1.807, 2.05) is 7.05 Å². The third-order valence-electron chi connectivity index (χ3n) is 3.89. The first-order chi connectivity index (χ1) is 17.5. The normalized spacial score (nSPS) is 10.7. The van der Waals surface area contributed by atoms with E-state index in [-0.39, 0.29) is 70.5 Å². The van der Waals surface area contributed by atoms with Gasteiger partial charge in [-0.2, -0.15) is 0 Å². The molecule has 4 N–H and O–H groups in total. The number of ether oxygens (including phenoxy) is 6. The van der Waals surface area contributed by atoms with Gasteiger partial charge in [0.1, 0.15) is 25.5 Å². The maximum atomic E-state index is 11.7. The molecule has 0 saturated heterocycles. The van der Waals surface area contributed by atoms with Crippen molar-refractivity contribution in [1.29, 1.82) is 0 Å². The molecule has 15 heteroatoms. The van der Waals surface area contributed by atoms with E-state index in [0.29, 0.717) is 46.2 Å². The van der Waals surface area contributed by atoms with Crippen LogP contribution < -0.4 is 21.3 Å². The summed E-state index contributed by atoms with van der Waals surface area (Å²) in [6.45, 7) is 3.78. The highest BCUT2D eigenvalue weighted by Crippen LogP contribution is 1.82. The Balaban J connectivity index is 3.36. The molecule has 0 heterocycles. The SMILES string of the molecule is [B]C(=O)COCC(=O)NCCOCCOCCNC(=O)COCC(=O)NCCOCCOCCNC. The van der Waals surface area contributed by atoms with Gasteiger partial charge in [0.2, 0.25) is 17.7 Å². The molecule has 0 spiro atoms. The lowest BCUT2D eigenvalue weighted by Gasteiger charge is -2.09. The second-order valence-electron chi connectivity index (χ2n) is 7.05. The Bertz CT molecular complexity index is 601. The highest BCUT2D eigenvalue weighted by Gasteiger charge is 2.05. The van der Waals surface area contributed by atoms with Crippen LogP contribution in [0.2, 0.25) is 0 Å². The minimum absolute atomic E-state index is 0.227. The minimum atomic E-state index is -0.644. The van der Waals surface area contributed by atoms with E-state index >= 15 is 0 Å². The highest BCUT2D eigenvalue weighted by atomic mass is 16.5. The Hall–Kier alpha value is -2.14. The second kappa shape index (κ2) is 25.9. The molecule has 0 unspecified atom stereocenters. The highest BCUT2D eigenvalue weighted by molar-refractivity contribution is 6.58. The van der Waals surface area contributed by atoms with Gasteiger partial charge in [-0.05, 0) is 7.05 Å². The summed E-state index contributed by atoms with van der Waals surface area (Å²) in [6.07, 6.45) is 0. The molecule has 0 rings (SSSR count). The van der Waals surface area contributed by atoms with Crippen LogP contribution in [0.15, 0.2) is 0 Å². The Morgan fingerprint density at radius 3 is 1.17 bits per heavy atom. The molecule has 0 aliphatic rings. The molecule has 0 atom stereocenters. The van der Waals surface area contributed by atoms with Crippen molar-refractivity contribution in [3.8, 4) is 0 Å². The Labute approximate surface area is 213 Å². The zero-order chi connectivity index (χ0) is 26.7. The van der Waals surface area contributed by atoms with Crippen LogP contribution in [0, 0.1) is 0 Å². The van der Waals surface area contributed by atoms with Gasteiger partial charge < -0.3 is 54.5 Å². The summed E-state index contributed by atoms with van der Waals surface area (Å²) in [5.74, 6) is -1.07. The van der Waals surface area contributed by atoms with E-state index in [2.05, 4.69) is 21.3 Å². The van der Waals surface area contributed by atoms with Crippen molar-refractivity contribution in [2.24, 2.45) is 0 Å². The lowest BCUT2D eigenvalue weighted by atomic mass is 10.1. The Morgan fingerprint density at radius 2 is 0.833 bits per heavy atom. The summed E-state index contributed by atoms with van der Waals surface area (Å²) >= 11 is 0. The first kappa shape index (κ1) is 33.9. The zero-order valence-electron chi connectivity index (χ0n) is 21.0. The van der Waals surface area contributed by atoms with Gasteiger partial charge in [-0.1, -0.05) is 0 Å². The van der Waals surface area contributed by atoms with Gasteiger partial charge in [-0.25, -0.2) is 0 Å². The zero-order valence-corrected chi connectivity index (χ0v) is 21.0. The number of likely N-dealkylation sites (N-methyl/N-ethyl adjacent to an activating group) is 1. The first-order valence-electron chi connectivity index (χ1n) is 11.6. The van der Waals surface area contributed by atoms with Crippen molar-refractivity contribution >= 4 is 31.3 Å². The smallest absolute Gasteiger partial charge is 0.246 e. The molecule has 0 fully saturated rings. The van der Waals surface area contributed by atoms with Crippen LogP contribution in [-0.4, -0.2) is 144 Å². The fourth-order valence-electron chi connectivity index (χ4n) is 2.24. The van der Waals surface area contributed by atoms with Gasteiger partial charge in [0.15, 0.2) is 7.85 Å². The van der Waals surface area contributed by atoms with Gasteiger partial charge >= 0.3 is 0 Å². The standard InChI is InChI=1S/C21H39BN4O10/c1-23-2-6-31-10-11-32-8-4-25-20(29)16-36-17-21(30)26-5-9-34-13-12-33-7-3-24-19(28)15-35-14-18(22)27/h23H,2-17H2,1H3,(H,24,28)(H,25,29)(H,26,30). The molecule has 14 nitrogen and oxygen atoms in total. The van der Waals surface area contributed by atoms with Crippen molar-refractivity contribution in [1.82, 2.24) is 21.3 Å². The van der Waals surface area contributed by atoms with Crippen molar-refractivity contribution in [2.75, 3.05) is 113 Å². The molecule has 0 aromatic rings. The number of hydrogen-bond donors (Lipinski definition) is 4. The van der Waals surface area contributed by atoms with Gasteiger partial charge in [0, 0.05) is 26.2 Å². The number of hydrogen-bond acceptors (Lipinski definition) is 11. The number of nitrogens with one attached hydrogen (secondary N) is 4. The molecular formula is C21H39BN4O10.